The van der Waals surface area contributed by atoms with Crippen LogP contribution in [-0.2, 0) is 11.3 Å². The van der Waals surface area contributed by atoms with Crippen LogP contribution in [0.15, 0.2) is 35.1 Å². The molecule has 2 aromatic rings. The van der Waals surface area contributed by atoms with Crippen LogP contribution in [0.1, 0.15) is 18.5 Å². The van der Waals surface area contributed by atoms with Gasteiger partial charge in [-0.05, 0) is 18.6 Å². The Morgan fingerprint density at radius 1 is 1.53 bits per heavy atom. The topological polar surface area (TPSA) is 85.8 Å². The number of halogens is 1. The summed E-state index contributed by atoms with van der Waals surface area (Å²) >= 11 is 3.46. The molecule has 0 saturated heterocycles. The van der Waals surface area contributed by atoms with E-state index in [9.17, 15) is 4.79 Å². The molecule has 3 N–H and O–H groups in total. The first-order valence-corrected chi connectivity index (χ1v) is 6.54. The lowest BCUT2D eigenvalue weighted by atomic mass is 10.1. The number of rotatable bonds is 4. The molecule has 100 valence electrons. The Bertz CT molecular complexity index is 583. The summed E-state index contributed by atoms with van der Waals surface area (Å²) in [6.07, 6.45) is 1.43. The van der Waals surface area contributed by atoms with Gasteiger partial charge >= 0.3 is 0 Å². The minimum Gasteiger partial charge on any atom is -0.367 e. The molecule has 0 aliphatic heterocycles. The van der Waals surface area contributed by atoms with Gasteiger partial charge in [-0.25, -0.2) is 9.67 Å². The first kappa shape index (κ1) is 13.5. The molecule has 6 nitrogen and oxygen atoms in total. The fraction of sp³-hybridized carbons (Fsp3) is 0.250. The minimum atomic E-state index is -0.145. The van der Waals surface area contributed by atoms with Crippen LogP contribution in [0, 0.1) is 0 Å². The molecule has 0 saturated carbocycles. The van der Waals surface area contributed by atoms with E-state index < -0.39 is 0 Å². The molecule has 1 amide bonds. The van der Waals surface area contributed by atoms with Crippen molar-refractivity contribution in [1.29, 1.82) is 0 Å². The number of carbonyl (C=O) groups is 1. The number of hydrogen-bond acceptors (Lipinski definition) is 4. The van der Waals surface area contributed by atoms with Crippen molar-refractivity contribution in [3.8, 4) is 0 Å². The summed E-state index contributed by atoms with van der Waals surface area (Å²) in [7, 11) is 0. The van der Waals surface area contributed by atoms with Crippen LogP contribution in [0.4, 0.5) is 5.95 Å². The first-order chi connectivity index (χ1) is 9.06. The highest BCUT2D eigenvalue weighted by Gasteiger charge is 2.12. The van der Waals surface area contributed by atoms with Gasteiger partial charge in [-0.3, -0.25) is 4.79 Å². The fourth-order valence-corrected chi connectivity index (χ4v) is 2.35. The largest absolute Gasteiger partial charge is 0.367 e. The van der Waals surface area contributed by atoms with Crippen molar-refractivity contribution in [3.05, 3.63) is 40.6 Å². The van der Waals surface area contributed by atoms with Crippen LogP contribution in [0.5, 0.6) is 0 Å². The molecule has 0 aliphatic carbocycles. The van der Waals surface area contributed by atoms with E-state index in [0.29, 0.717) is 0 Å². The molecule has 1 aromatic heterocycles. The lowest BCUT2D eigenvalue weighted by Gasteiger charge is -2.15. The number of hydrogen-bond donors (Lipinski definition) is 2. The van der Waals surface area contributed by atoms with E-state index in [1.54, 1.807) is 0 Å². The SMILES string of the molecule is CC(NC(=O)Cn1cnc(N)n1)c1ccccc1Br. The van der Waals surface area contributed by atoms with Gasteiger partial charge in [0, 0.05) is 4.47 Å². The summed E-state index contributed by atoms with van der Waals surface area (Å²) in [6.45, 7) is 2.02. The van der Waals surface area contributed by atoms with Gasteiger partial charge in [-0.15, -0.1) is 5.10 Å². The maximum atomic E-state index is 11.9. The molecule has 0 spiro atoms. The summed E-state index contributed by atoms with van der Waals surface area (Å²) in [5.41, 5.74) is 6.41. The average Bonchev–Trinajstić information content (AvgIpc) is 2.74. The van der Waals surface area contributed by atoms with Gasteiger partial charge in [0.05, 0.1) is 6.04 Å². The number of aromatic nitrogens is 3. The van der Waals surface area contributed by atoms with Crippen LogP contribution >= 0.6 is 15.9 Å². The molecule has 1 atom stereocenters. The number of anilines is 1. The Balaban J connectivity index is 1.97. The highest BCUT2D eigenvalue weighted by atomic mass is 79.9. The van der Waals surface area contributed by atoms with Gasteiger partial charge in [0.1, 0.15) is 12.9 Å². The molecule has 0 aliphatic rings. The van der Waals surface area contributed by atoms with Crippen molar-refractivity contribution < 1.29 is 4.79 Å². The van der Waals surface area contributed by atoms with Crippen molar-refractivity contribution in [1.82, 2.24) is 20.1 Å². The molecule has 19 heavy (non-hydrogen) atoms. The van der Waals surface area contributed by atoms with Gasteiger partial charge in [-0.2, -0.15) is 0 Å². The van der Waals surface area contributed by atoms with E-state index in [2.05, 4.69) is 31.3 Å². The highest BCUT2D eigenvalue weighted by molar-refractivity contribution is 9.10. The predicted molar refractivity (Wildman–Crippen MR) is 75.1 cm³/mol. The van der Waals surface area contributed by atoms with Crippen molar-refractivity contribution in [2.45, 2.75) is 19.5 Å². The lowest BCUT2D eigenvalue weighted by Crippen LogP contribution is -2.30. The molecule has 0 radical (unpaired) electrons. The van der Waals surface area contributed by atoms with Gasteiger partial charge in [-0.1, -0.05) is 34.1 Å². The van der Waals surface area contributed by atoms with E-state index in [1.165, 1.54) is 11.0 Å². The standard InChI is InChI=1S/C12H14BrN5O/c1-8(9-4-2-3-5-10(9)13)16-11(19)6-18-7-15-12(14)17-18/h2-5,7-8H,6H2,1H3,(H2,14,17)(H,16,19). The van der Waals surface area contributed by atoms with Crippen molar-refractivity contribution >= 4 is 27.8 Å². The first-order valence-electron chi connectivity index (χ1n) is 5.75. The molecule has 1 unspecified atom stereocenters. The number of benzene rings is 1. The van der Waals surface area contributed by atoms with E-state index in [-0.39, 0.29) is 24.4 Å². The second kappa shape index (κ2) is 5.83. The van der Waals surface area contributed by atoms with E-state index in [1.807, 2.05) is 31.2 Å². The average molecular weight is 324 g/mol. The zero-order chi connectivity index (χ0) is 13.8. The number of amides is 1. The maximum absolute atomic E-state index is 11.9. The van der Waals surface area contributed by atoms with Crippen molar-refractivity contribution in [2.24, 2.45) is 0 Å². The number of nitrogens with zero attached hydrogens (tertiary/aromatic N) is 3. The summed E-state index contributed by atoms with van der Waals surface area (Å²) in [4.78, 5) is 15.6. The van der Waals surface area contributed by atoms with Crippen LogP contribution in [0.3, 0.4) is 0 Å². The Labute approximate surface area is 119 Å². The maximum Gasteiger partial charge on any atom is 0.242 e. The molecule has 0 bridgehead atoms. The lowest BCUT2D eigenvalue weighted by molar-refractivity contribution is -0.122. The number of nitrogens with one attached hydrogen (secondary N) is 1. The Morgan fingerprint density at radius 3 is 2.89 bits per heavy atom. The smallest absolute Gasteiger partial charge is 0.242 e. The van der Waals surface area contributed by atoms with Crippen LogP contribution in [0.25, 0.3) is 0 Å². The van der Waals surface area contributed by atoms with Gasteiger partial charge in [0.25, 0.3) is 0 Å². The molecule has 2 rings (SSSR count). The van der Waals surface area contributed by atoms with E-state index in [0.717, 1.165) is 10.0 Å². The third kappa shape index (κ3) is 3.54. The highest BCUT2D eigenvalue weighted by Crippen LogP contribution is 2.22. The van der Waals surface area contributed by atoms with Crippen molar-refractivity contribution in [3.63, 3.8) is 0 Å². The third-order valence-electron chi connectivity index (χ3n) is 2.61. The van der Waals surface area contributed by atoms with Gasteiger partial charge in [0.15, 0.2) is 0 Å². The Hall–Kier alpha value is -1.89. The minimum absolute atomic E-state index is 0.0936. The quantitative estimate of drug-likeness (QED) is 0.892. The van der Waals surface area contributed by atoms with Crippen LogP contribution in [0.2, 0.25) is 0 Å². The molecular weight excluding hydrogens is 310 g/mol. The molecule has 7 heteroatoms. The van der Waals surface area contributed by atoms with Crippen LogP contribution in [-0.4, -0.2) is 20.7 Å². The molecular formula is C12H14BrN5O. The Morgan fingerprint density at radius 2 is 2.26 bits per heavy atom. The molecule has 1 aromatic carbocycles. The normalized spacial score (nSPS) is 12.1. The van der Waals surface area contributed by atoms with E-state index in [4.69, 9.17) is 5.73 Å². The summed E-state index contributed by atoms with van der Waals surface area (Å²) in [6, 6.07) is 7.67. The Kier molecular flexibility index (Phi) is 4.16. The second-order valence-corrected chi connectivity index (χ2v) is 4.97. The monoisotopic (exact) mass is 323 g/mol. The molecule has 0 fully saturated rings. The predicted octanol–water partition coefficient (Wildman–Crippen LogP) is 1.50. The zero-order valence-corrected chi connectivity index (χ0v) is 12.0. The second-order valence-electron chi connectivity index (χ2n) is 4.11. The van der Waals surface area contributed by atoms with Crippen molar-refractivity contribution in [2.75, 3.05) is 5.73 Å². The van der Waals surface area contributed by atoms with E-state index >= 15 is 0 Å². The summed E-state index contributed by atoms with van der Waals surface area (Å²) in [5, 5.41) is 6.76. The summed E-state index contributed by atoms with van der Waals surface area (Å²) < 4.78 is 2.37. The number of carbonyl (C=O) groups excluding carboxylic acids is 1. The molecule has 1 heterocycles. The number of nitrogen functional groups attached to an aromatic ring is 1. The summed E-state index contributed by atoms with van der Waals surface area (Å²) in [5.74, 6) is 0.0137. The zero-order valence-electron chi connectivity index (χ0n) is 10.4. The fourth-order valence-electron chi connectivity index (χ4n) is 1.72. The number of nitrogens with two attached hydrogens (primary N) is 1. The van der Waals surface area contributed by atoms with Gasteiger partial charge < -0.3 is 11.1 Å². The third-order valence-corrected chi connectivity index (χ3v) is 3.33. The van der Waals surface area contributed by atoms with Gasteiger partial charge in [0.2, 0.25) is 11.9 Å². The van der Waals surface area contributed by atoms with Crippen LogP contribution < -0.4 is 11.1 Å².